The number of hydrogen-bond acceptors (Lipinski definition) is 6. The molecule has 0 aromatic heterocycles. The van der Waals surface area contributed by atoms with Gasteiger partial charge >= 0.3 is 11.9 Å². The van der Waals surface area contributed by atoms with E-state index in [-0.39, 0.29) is 0 Å². The number of aryl methyl sites for hydroxylation is 1. The molecule has 0 heterocycles. The topological polar surface area (TPSA) is 71.1 Å². The van der Waals surface area contributed by atoms with Crippen LogP contribution in [-0.4, -0.2) is 11.9 Å². The minimum Gasteiger partial charge on any atom is -0.462 e. The first kappa shape index (κ1) is 24.8. The van der Waals surface area contributed by atoms with Crippen molar-refractivity contribution in [3.8, 4) is 33.8 Å². The van der Waals surface area contributed by atoms with Crippen molar-refractivity contribution in [1.29, 1.82) is 0 Å². The first-order chi connectivity index (χ1) is 17.0. The van der Waals surface area contributed by atoms with Crippen LogP contribution in [0.2, 0.25) is 0 Å². The second kappa shape index (κ2) is 12.4. The molecule has 0 spiro atoms. The fraction of sp³-hybridized carbons (Fsp3) is 0.0345. The quantitative estimate of drug-likeness (QED) is 0.192. The van der Waals surface area contributed by atoms with Crippen LogP contribution < -0.4 is 9.47 Å². The van der Waals surface area contributed by atoms with Crippen molar-refractivity contribution in [2.75, 3.05) is 0 Å². The van der Waals surface area contributed by atoms with Crippen molar-refractivity contribution in [2.24, 2.45) is 0 Å². The van der Waals surface area contributed by atoms with Crippen molar-refractivity contribution in [3.63, 3.8) is 0 Å². The van der Waals surface area contributed by atoms with Crippen LogP contribution in [0.3, 0.4) is 0 Å². The molecule has 0 aliphatic rings. The Morgan fingerprint density at radius 2 is 1.09 bits per heavy atom. The molecule has 0 bridgehead atoms. The van der Waals surface area contributed by atoms with Gasteiger partial charge < -0.3 is 18.9 Å². The standard InChI is InChI=1S/C29H24O6/c1-4-28(30)34-18-16-32-26-13-10-23(11-14-26)22-6-8-24(9-7-22)25-12-15-27(21(3)20-25)33-17-19-35-29(31)5-2/h4-20H,1-2H2,3H3. The summed E-state index contributed by atoms with van der Waals surface area (Å²) < 4.78 is 20.4. The number of rotatable bonds is 10. The van der Waals surface area contributed by atoms with Gasteiger partial charge in [0.1, 0.15) is 36.5 Å². The summed E-state index contributed by atoms with van der Waals surface area (Å²) in [6.07, 6.45) is 7.08. The SMILES string of the molecule is C=CC(=O)OC=COc1ccc(-c2ccc(-c3ccc(OC=COC(=O)C=C)c(C)c3)cc2)cc1. The molecule has 0 amide bonds. The van der Waals surface area contributed by atoms with Gasteiger partial charge in [0.05, 0.1) is 0 Å². The Bertz CT molecular complexity index is 1250. The number of ether oxygens (including phenoxy) is 4. The van der Waals surface area contributed by atoms with E-state index in [9.17, 15) is 9.59 Å². The largest absolute Gasteiger partial charge is 0.462 e. The molecule has 3 aromatic rings. The van der Waals surface area contributed by atoms with E-state index in [1.165, 1.54) is 18.8 Å². The fourth-order valence-corrected chi connectivity index (χ4v) is 3.04. The minimum absolute atomic E-state index is 0.550. The summed E-state index contributed by atoms with van der Waals surface area (Å²) in [6.45, 7) is 8.58. The Labute approximate surface area is 204 Å². The molecule has 3 aromatic carbocycles. The Kier molecular flexibility index (Phi) is 8.79. The number of benzene rings is 3. The Morgan fingerprint density at radius 1 is 0.629 bits per heavy atom. The van der Waals surface area contributed by atoms with E-state index in [4.69, 9.17) is 18.9 Å². The highest BCUT2D eigenvalue weighted by atomic mass is 16.5. The van der Waals surface area contributed by atoms with Crippen LogP contribution in [0.15, 0.2) is 117 Å². The molecule has 0 N–H and O–H groups in total. The summed E-state index contributed by atoms with van der Waals surface area (Å²) in [6, 6.07) is 21.6. The maximum Gasteiger partial charge on any atom is 0.335 e. The molecule has 0 atom stereocenters. The van der Waals surface area contributed by atoms with Crippen molar-refractivity contribution in [2.45, 2.75) is 6.92 Å². The molecule has 0 unspecified atom stereocenters. The van der Waals surface area contributed by atoms with Gasteiger partial charge in [0.15, 0.2) is 0 Å². The smallest absolute Gasteiger partial charge is 0.335 e. The van der Waals surface area contributed by atoms with Gasteiger partial charge in [-0.25, -0.2) is 9.59 Å². The number of carbonyl (C=O) groups is 2. The summed E-state index contributed by atoms with van der Waals surface area (Å²) in [7, 11) is 0. The molecule has 0 aliphatic carbocycles. The second-order valence-electron chi connectivity index (χ2n) is 7.14. The Balaban J connectivity index is 1.61. The highest BCUT2D eigenvalue weighted by Gasteiger charge is 2.05. The first-order valence-corrected chi connectivity index (χ1v) is 10.6. The van der Waals surface area contributed by atoms with E-state index in [0.29, 0.717) is 11.5 Å². The Morgan fingerprint density at radius 3 is 1.60 bits per heavy atom. The molecular formula is C29H24O6. The van der Waals surface area contributed by atoms with Gasteiger partial charge in [0.2, 0.25) is 0 Å². The summed E-state index contributed by atoms with van der Waals surface area (Å²) in [5, 5.41) is 0. The van der Waals surface area contributed by atoms with Gasteiger partial charge in [-0.2, -0.15) is 0 Å². The third-order valence-corrected chi connectivity index (χ3v) is 4.79. The van der Waals surface area contributed by atoms with E-state index in [1.807, 2.05) is 49.4 Å². The van der Waals surface area contributed by atoms with Crippen LogP contribution >= 0.6 is 0 Å². The number of esters is 2. The third-order valence-electron chi connectivity index (χ3n) is 4.79. The van der Waals surface area contributed by atoms with E-state index in [0.717, 1.165) is 46.2 Å². The first-order valence-electron chi connectivity index (χ1n) is 10.6. The van der Waals surface area contributed by atoms with E-state index >= 15 is 0 Å². The highest BCUT2D eigenvalue weighted by molar-refractivity contribution is 5.82. The zero-order valence-electron chi connectivity index (χ0n) is 19.2. The van der Waals surface area contributed by atoms with Crippen LogP contribution in [0.25, 0.3) is 22.3 Å². The summed E-state index contributed by atoms with van der Waals surface area (Å²) in [4.78, 5) is 22.0. The van der Waals surface area contributed by atoms with Crippen LogP contribution in [-0.2, 0) is 19.1 Å². The molecule has 3 rings (SSSR count). The molecule has 0 saturated carbocycles. The zero-order valence-corrected chi connectivity index (χ0v) is 19.2. The maximum atomic E-state index is 11.0. The minimum atomic E-state index is -0.552. The van der Waals surface area contributed by atoms with Crippen LogP contribution in [0, 0.1) is 6.92 Å². The lowest BCUT2D eigenvalue weighted by atomic mass is 9.99. The summed E-state index contributed by atoms with van der Waals surface area (Å²) in [5.41, 5.74) is 5.16. The molecule has 6 nitrogen and oxygen atoms in total. The average Bonchev–Trinajstić information content (AvgIpc) is 2.90. The van der Waals surface area contributed by atoms with Gasteiger partial charge in [-0.1, -0.05) is 55.6 Å². The van der Waals surface area contributed by atoms with Crippen LogP contribution in [0.4, 0.5) is 0 Å². The lowest BCUT2D eigenvalue weighted by Crippen LogP contribution is -1.93. The Hall–Kier alpha value is -4.84. The van der Waals surface area contributed by atoms with Crippen molar-refractivity contribution in [1.82, 2.24) is 0 Å². The highest BCUT2D eigenvalue weighted by Crippen LogP contribution is 2.29. The lowest BCUT2D eigenvalue weighted by Gasteiger charge is -2.09. The van der Waals surface area contributed by atoms with Crippen molar-refractivity contribution in [3.05, 3.63) is 123 Å². The molecule has 176 valence electrons. The predicted molar refractivity (Wildman–Crippen MR) is 134 cm³/mol. The normalized spacial score (nSPS) is 10.7. The van der Waals surface area contributed by atoms with Crippen LogP contribution in [0.5, 0.6) is 11.5 Å². The van der Waals surface area contributed by atoms with Crippen LogP contribution in [0.1, 0.15) is 5.56 Å². The van der Waals surface area contributed by atoms with E-state index in [2.05, 4.69) is 37.4 Å². The number of carbonyl (C=O) groups excluding carboxylic acids is 2. The van der Waals surface area contributed by atoms with E-state index in [1.54, 1.807) is 0 Å². The number of hydrogen-bond donors (Lipinski definition) is 0. The molecule has 0 radical (unpaired) electrons. The average molecular weight is 469 g/mol. The van der Waals surface area contributed by atoms with Crippen molar-refractivity contribution >= 4 is 11.9 Å². The van der Waals surface area contributed by atoms with Crippen molar-refractivity contribution < 1.29 is 28.5 Å². The van der Waals surface area contributed by atoms with Gasteiger partial charge in [-0.05, 0) is 59.0 Å². The maximum absolute atomic E-state index is 11.0. The molecule has 35 heavy (non-hydrogen) atoms. The third kappa shape index (κ3) is 7.33. The molecule has 0 aliphatic heterocycles. The predicted octanol–water partition coefficient (Wildman–Crippen LogP) is 6.49. The molecule has 0 fully saturated rings. The molecule has 6 heteroatoms. The molecule has 0 saturated heterocycles. The fourth-order valence-electron chi connectivity index (χ4n) is 3.04. The second-order valence-corrected chi connectivity index (χ2v) is 7.14. The summed E-state index contributed by atoms with van der Waals surface area (Å²) >= 11 is 0. The molecular weight excluding hydrogens is 444 g/mol. The van der Waals surface area contributed by atoms with Gasteiger partial charge in [0, 0.05) is 12.2 Å². The van der Waals surface area contributed by atoms with E-state index < -0.39 is 11.9 Å². The zero-order chi connectivity index (χ0) is 25.0. The summed E-state index contributed by atoms with van der Waals surface area (Å²) in [5.74, 6) is 0.171. The van der Waals surface area contributed by atoms with Gasteiger partial charge in [-0.15, -0.1) is 0 Å². The lowest BCUT2D eigenvalue weighted by molar-refractivity contribution is -0.133. The van der Waals surface area contributed by atoms with Gasteiger partial charge in [0.25, 0.3) is 0 Å². The van der Waals surface area contributed by atoms with Gasteiger partial charge in [-0.3, -0.25) is 0 Å². The monoisotopic (exact) mass is 468 g/mol.